The van der Waals surface area contributed by atoms with Gasteiger partial charge in [0.05, 0.1) is 12.8 Å². The van der Waals surface area contributed by atoms with Crippen LogP contribution in [0, 0.1) is 12.3 Å². The molecule has 0 aliphatic carbocycles. The highest BCUT2D eigenvalue weighted by atomic mass is 35.5. The Kier molecular flexibility index (Phi) is 5.11. The van der Waals surface area contributed by atoms with Crippen LogP contribution in [-0.2, 0) is 16.1 Å². The van der Waals surface area contributed by atoms with Gasteiger partial charge in [-0.15, -0.1) is 0 Å². The van der Waals surface area contributed by atoms with E-state index in [-0.39, 0.29) is 12.5 Å². The maximum absolute atomic E-state index is 12.5. The number of furan rings is 1. The third-order valence-corrected chi connectivity index (χ3v) is 3.82. The maximum Gasteiger partial charge on any atom is 0.239 e. The van der Waals surface area contributed by atoms with Gasteiger partial charge in [-0.25, -0.2) is 0 Å². The van der Waals surface area contributed by atoms with Crippen molar-refractivity contribution in [3.8, 4) is 0 Å². The van der Waals surface area contributed by atoms with E-state index in [4.69, 9.17) is 16.0 Å². The minimum atomic E-state index is -1.23. The molecule has 0 bridgehead atoms. The first-order valence-corrected chi connectivity index (χ1v) is 7.57. The standard InChI is InChI=1S/C17H19ClN2O3/c1-11-6-7-12(18)9-14(11)20-16(22)17(2,3)15(21)19-10-13-5-4-8-23-13/h4-9H,10H2,1-3H3,(H,19,21)(H,20,22). The Bertz CT molecular complexity index is 709. The van der Waals surface area contributed by atoms with Crippen LogP contribution in [0.25, 0.3) is 0 Å². The number of aryl methyl sites for hydroxylation is 1. The summed E-state index contributed by atoms with van der Waals surface area (Å²) >= 11 is 5.94. The number of nitrogens with one attached hydrogen (secondary N) is 2. The van der Waals surface area contributed by atoms with E-state index in [2.05, 4.69) is 10.6 Å². The molecule has 23 heavy (non-hydrogen) atoms. The lowest BCUT2D eigenvalue weighted by Crippen LogP contribution is -2.44. The zero-order valence-electron chi connectivity index (χ0n) is 13.3. The summed E-state index contributed by atoms with van der Waals surface area (Å²) in [5.74, 6) is -0.161. The van der Waals surface area contributed by atoms with Crippen LogP contribution in [0.3, 0.4) is 0 Å². The van der Waals surface area contributed by atoms with Crippen molar-refractivity contribution in [1.82, 2.24) is 5.32 Å². The zero-order valence-corrected chi connectivity index (χ0v) is 14.0. The van der Waals surface area contributed by atoms with Gasteiger partial charge in [-0.1, -0.05) is 17.7 Å². The van der Waals surface area contributed by atoms with E-state index >= 15 is 0 Å². The van der Waals surface area contributed by atoms with Gasteiger partial charge in [0.1, 0.15) is 11.2 Å². The predicted octanol–water partition coefficient (Wildman–Crippen LogP) is 3.52. The van der Waals surface area contributed by atoms with Gasteiger partial charge < -0.3 is 15.1 Å². The molecule has 0 unspecified atom stereocenters. The van der Waals surface area contributed by atoms with E-state index in [1.54, 1.807) is 38.1 Å². The summed E-state index contributed by atoms with van der Waals surface area (Å²) in [5.41, 5.74) is 0.227. The van der Waals surface area contributed by atoms with Crippen LogP contribution in [0.5, 0.6) is 0 Å². The molecular formula is C17H19ClN2O3. The number of benzene rings is 1. The highest BCUT2D eigenvalue weighted by Gasteiger charge is 2.36. The summed E-state index contributed by atoms with van der Waals surface area (Å²) in [6, 6.07) is 8.70. The molecule has 2 amide bonds. The van der Waals surface area contributed by atoms with Crippen LogP contribution < -0.4 is 10.6 Å². The number of amides is 2. The van der Waals surface area contributed by atoms with Gasteiger partial charge >= 0.3 is 0 Å². The average Bonchev–Trinajstić information content (AvgIpc) is 3.01. The van der Waals surface area contributed by atoms with Gasteiger partial charge in [0.2, 0.25) is 11.8 Å². The molecule has 1 heterocycles. The number of rotatable bonds is 5. The topological polar surface area (TPSA) is 71.3 Å². The Morgan fingerprint density at radius 3 is 2.61 bits per heavy atom. The number of hydrogen-bond acceptors (Lipinski definition) is 3. The molecule has 2 aromatic rings. The first-order chi connectivity index (χ1) is 10.8. The predicted molar refractivity (Wildman–Crippen MR) is 89.2 cm³/mol. The average molecular weight is 335 g/mol. The monoisotopic (exact) mass is 334 g/mol. The lowest BCUT2D eigenvalue weighted by molar-refractivity contribution is -0.138. The van der Waals surface area contributed by atoms with Gasteiger partial charge in [-0.3, -0.25) is 9.59 Å². The number of halogens is 1. The number of anilines is 1. The molecule has 0 saturated carbocycles. The molecule has 0 aliphatic heterocycles. The minimum absolute atomic E-state index is 0.235. The van der Waals surface area contributed by atoms with Crippen molar-refractivity contribution in [2.45, 2.75) is 27.3 Å². The first kappa shape index (κ1) is 17.1. The molecule has 0 fully saturated rings. The van der Waals surface area contributed by atoms with Crippen LogP contribution in [0.2, 0.25) is 5.02 Å². The van der Waals surface area contributed by atoms with Crippen LogP contribution in [0.1, 0.15) is 25.2 Å². The van der Waals surface area contributed by atoms with Crippen molar-refractivity contribution in [3.05, 3.63) is 52.9 Å². The Morgan fingerprint density at radius 1 is 1.22 bits per heavy atom. The Labute approximate surface area is 140 Å². The largest absolute Gasteiger partial charge is 0.467 e. The molecule has 2 rings (SSSR count). The summed E-state index contributed by atoms with van der Waals surface area (Å²) in [6.45, 7) is 5.23. The third-order valence-electron chi connectivity index (χ3n) is 3.59. The Hall–Kier alpha value is -2.27. The summed E-state index contributed by atoms with van der Waals surface area (Å²) in [5, 5.41) is 5.98. The van der Waals surface area contributed by atoms with Gasteiger partial charge in [-0.2, -0.15) is 0 Å². The highest BCUT2D eigenvalue weighted by molar-refractivity contribution is 6.31. The van der Waals surface area contributed by atoms with Gasteiger partial charge in [0.25, 0.3) is 0 Å². The van der Waals surface area contributed by atoms with Crippen LogP contribution >= 0.6 is 11.6 Å². The van der Waals surface area contributed by atoms with Crippen molar-refractivity contribution in [1.29, 1.82) is 0 Å². The second-order valence-corrected chi connectivity index (χ2v) is 6.24. The van der Waals surface area contributed by atoms with E-state index in [0.717, 1.165) is 5.56 Å². The Morgan fingerprint density at radius 2 is 1.96 bits per heavy atom. The lowest BCUT2D eigenvalue weighted by atomic mass is 9.90. The molecule has 0 radical (unpaired) electrons. The molecule has 122 valence electrons. The van der Waals surface area contributed by atoms with Gasteiger partial charge in [-0.05, 0) is 50.6 Å². The van der Waals surface area contributed by atoms with E-state index in [1.165, 1.54) is 6.26 Å². The molecular weight excluding hydrogens is 316 g/mol. The number of carbonyl (C=O) groups excluding carboxylic acids is 2. The van der Waals surface area contributed by atoms with Crippen molar-refractivity contribution in [2.24, 2.45) is 5.41 Å². The zero-order chi connectivity index (χ0) is 17.0. The van der Waals surface area contributed by atoms with E-state index in [9.17, 15) is 9.59 Å². The van der Waals surface area contributed by atoms with Crippen molar-refractivity contribution < 1.29 is 14.0 Å². The summed E-state index contributed by atoms with van der Waals surface area (Å²) in [4.78, 5) is 24.8. The third kappa shape index (κ3) is 4.13. The van der Waals surface area contributed by atoms with E-state index in [1.807, 2.05) is 13.0 Å². The normalized spacial score (nSPS) is 11.1. The maximum atomic E-state index is 12.5. The summed E-state index contributed by atoms with van der Waals surface area (Å²) in [6.07, 6.45) is 1.53. The first-order valence-electron chi connectivity index (χ1n) is 7.19. The fourth-order valence-corrected chi connectivity index (χ4v) is 2.08. The molecule has 6 heteroatoms. The van der Waals surface area contributed by atoms with Gasteiger partial charge in [0.15, 0.2) is 0 Å². The van der Waals surface area contributed by atoms with Crippen molar-refractivity contribution in [3.63, 3.8) is 0 Å². The summed E-state index contributed by atoms with van der Waals surface area (Å²) in [7, 11) is 0. The Balaban J connectivity index is 2.03. The van der Waals surface area contributed by atoms with Crippen molar-refractivity contribution >= 4 is 29.1 Å². The quantitative estimate of drug-likeness (QED) is 0.822. The fraction of sp³-hybridized carbons (Fsp3) is 0.294. The molecule has 0 atom stereocenters. The lowest BCUT2D eigenvalue weighted by Gasteiger charge is -2.23. The van der Waals surface area contributed by atoms with Crippen molar-refractivity contribution in [2.75, 3.05) is 5.32 Å². The molecule has 0 spiro atoms. The van der Waals surface area contributed by atoms with E-state index in [0.29, 0.717) is 16.5 Å². The smallest absolute Gasteiger partial charge is 0.239 e. The minimum Gasteiger partial charge on any atom is -0.467 e. The van der Waals surface area contributed by atoms with Crippen LogP contribution in [-0.4, -0.2) is 11.8 Å². The fourth-order valence-electron chi connectivity index (χ4n) is 1.91. The molecule has 0 saturated heterocycles. The second-order valence-electron chi connectivity index (χ2n) is 5.80. The second kappa shape index (κ2) is 6.87. The van der Waals surface area contributed by atoms with Gasteiger partial charge in [0, 0.05) is 10.7 Å². The molecule has 0 aliphatic rings. The highest BCUT2D eigenvalue weighted by Crippen LogP contribution is 2.24. The van der Waals surface area contributed by atoms with Crippen LogP contribution in [0.4, 0.5) is 5.69 Å². The molecule has 5 nitrogen and oxygen atoms in total. The summed E-state index contributed by atoms with van der Waals surface area (Å²) < 4.78 is 5.15. The van der Waals surface area contributed by atoms with E-state index < -0.39 is 11.3 Å². The SMILES string of the molecule is Cc1ccc(Cl)cc1NC(=O)C(C)(C)C(=O)NCc1ccco1. The number of carbonyl (C=O) groups is 2. The molecule has 1 aromatic heterocycles. The van der Waals surface area contributed by atoms with Crippen LogP contribution in [0.15, 0.2) is 41.0 Å². The number of hydrogen-bond donors (Lipinski definition) is 2. The molecule has 1 aromatic carbocycles. The molecule has 2 N–H and O–H groups in total.